The van der Waals surface area contributed by atoms with Crippen LogP contribution in [0, 0.1) is 5.41 Å². The van der Waals surface area contributed by atoms with Gasteiger partial charge in [-0.05, 0) is 12.3 Å². The van der Waals surface area contributed by atoms with E-state index in [-0.39, 0.29) is 12.1 Å². The van der Waals surface area contributed by atoms with E-state index in [1.54, 1.807) is 4.90 Å². The maximum atomic E-state index is 12.1. The van der Waals surface area contributed by atoms with E-state index in [2.05, 4.69) is 5.32 Å². The first-order valence-electron chi connectivity index (χ1n) is 6.11. The molecule has 0 spiro atoms. The van der Waals surface area contributed by atoms with Gasteiger partial charge in [-0.1, -0.05) is 20.8 Å². The summed E-state index contributed by atoms with van der Waals surface area (Å²) in [6, 6.07) is -0.991. The van der Waals surface area contributed by atoms with Crippen molar-refractivity contribution >= 4 is 23.8 Å². The van der Waals surface area contributed by atoms with E-state index >= 15 is 0 Å². The zero-order valence-corrected chi connectivity index (χ0v) is 12.2. The zero-order valence-electron chi connectivity index (χ0n) is 11.4. The second-order valence-corrected chi connectivity index (χ2v) is 6.85. The lowest BCUT2D eigenvalue weighted by molar-refractivity contribution is -0.142. The van der Waals surface area contributed by atoms with Crippen LogP contribution in [-0.2, 0) is 4.79 Å². The minimum absolute atomic E-state index is 0.151. The van der Waals surface area contributed by atoms with Crippen LogP contribution in [-0.4, -0.2) is 52.1 Å². The van der Waals surface area contributed by atoms with Crippen molar-refractivity contribution in [3.63, 3.8) is 0 Å². The van der Waals surface area contributed by atoms with Crippen molar-refractivity contribution in [3.05, 3.63) is 0 Å². The van der Waals surface area contributed by atoms with Crippen LogP contribution in [0.5, 0.6) is 0 Å². The van der Waals surface area contributed by atoms with Crippen molar-refractivity contribution in [3.8, 4) is 0 Å². The third-order valence-electron chi connectivity index (χ3n) is 3.01. The molecule has 0 radical (unpaired) electrons. The van der Waals surface area contributed by atoms with Crippen molar-refractivity contribution in [2.45, 2.75) is 39.8 Å². The SMILES string of the molecule is CC1CSCCN1C(=O)N[C@@H](C(=O)O)C(C)(C)C. The largest absolute Gasteiger partial charge is 0.480 e. The maximum Gasteiger partial charge on any atom is 0.326 e. The van der Waals surface area contributed by atoms with Gasteiger partial charge in [0.05, 0.1) is 0 Å². The number of urea groups is 1. The number of nitrogens with zero attached hydrogens (tertiary/aromatic N) is 1. The monoisotopic (exact) mass is 274 g/mol. The Morgan fingerprint density at radius 2 is 2.06 bits per heavy atom. The molecule has 0 aromatic carbocycles. The Bertz CT molecular complexity index is 328. The van der Waals surface area contributed by atoms with E-state index in [1.165, 1.54) is 0 Å². The number of hydrogen-bond acceptors (Lipinski definition) is 3. The molecule has 0 aromatic heterocycles. The van der Waals surface area contributed by atoms with Crippen molar-refractivity contribution in [1.29, 1.82) is 0 Å². The standard InChI is InChI=1S/C12H22N2O3S/c1-8-7-18-6-5-14(8)11(17)13-9(10(15)16)12(2,3)4/h8-9H,5-7H2,1-4H3,(H,13,17)(H,15,16)/t8?,9-/m0/s1. The van der Waals surface area contributed by atoms with Crippen LogP contribution in [0.3, 0.4) is 0 Å². The Hall–Kier alpha value is -0.910. The fourth-order valence-corrected chi connectivity index (χ4v) is 2.90. The smallest absolute Gasteiger partial charge is 0.326 e. The summed E-state index contributed by atoms with van der Waals surface area (Å²) in [5.41, 5.74) is -0.505. The lowest BCUT2D eigenvalue weighted by Gasteiger charge is -2.36. The number of nitrogens with one attached hydrogen (secondary N) is 1. The average molecular weight is 274 g/mol. The van der Waals surface area contributed by atoms with E-state index in [1.807, 2.05) is 39.5 Å². The maximum absolute atomic E-state index is 12.1. The van der Waals surface area contributed by atoms with Gasteiger partial charge >= 0.3 is 12.0 Å². The van der Waals surface area contributed by atoms with Crippen molar-refractivity contribution in [2.24, 2.45) is 5.41 Å². The van der Waals surface area contributed by atoms with Gasteiger partial charge in [-0.2, -0.15) is 11.8 Å². The number of thioether (sulfide) groups is 1. The number of hydrogen-bond donors (Lipinski definition) is 2. The summed E-state index contributed by atoms with van der Waals surface area (Å²) in [4.78, 5) is 25.0. The molecule has 1 unspecified atom stereocenters. The zero-order chi connectivity index (χ0) is 13.9. The highest BCUT2D eigenvalue weighted by Gasteiger charge is 2.35. The molecule has 2 N–H and O–H groups in total. The van der Waals surface area contributed by atoms with Crippen LogP contribution >= 0.6 is 11.8 Å². The summed E-state index contributed by atoms with van der Waals surface area (Å²) in [5.74, 6) is 0.820. The Kier molecular flexibility index (Phi) is 4.90. The molecule has 2 atom stereocenters. The molecule has 1 aliphatic rings. The summed E-state index contributed by atoms with van der Waals surface area (Å²) in [5, 5.41) is 11.8. The second kappa shape index (κ2) is 5.82. The van der Waals surface area contributed by atoms with Gasteiger partial charge < -0.3 is 15.3 Å². The van der Waals surface area contributed by atoms with Gasteiger partial charge in [-0.15, -0.1) is 0 Å². The molecule has 2 amide bonds. The van der Waals surface area contributed by atoms with Gasteiger partial charge in [0.1, 0.15) is 6.04 Å². The number of carboxylic acid groups (broad SMARTS) is 1. The highest BCUT2D eigenvalue weighted by molar-refractivity contribution is 7.99. The van der Waals surface area contributed by atoms with Crippen LogP contribution in [0.15, 0.2) is 0 Å². The van der Waals surface area contributed by atoms with Crippen LogP contribution < -0.4 is 5.32 Å². The van der Waals surface area contributed by atoms with Crippen molar-refractivity contribution in [1.82, 2.24) is 10.2 Å². The van der Waals surface area contributed by atoms with E-state index in [9.17, 15) is 14.7 Å². The highest BCUT2D eigenvalue weighted by Crippen LogP contribution is 2.21. The first-order chi connectivity index (χ1) is 8.23. The topological polar surface area (TPSA) is 69.6 Å². The molecule has 1 fully saturated rings. The lowest BCUT2D eigenvalue weighted by Crippen LogP contribution is -2.56. The fraction of sp³-hybridized carbons (Fsp3) is 0.833. The molecule has 0 aromatic rings. The quantitative estimate of drug-likeness (QED) is 0.803. The lowest BCUT2D eigenvalue weighted by atomic mass is 9.87. The summed E-state index contributed by atoms with van der Waals surface area (Å²) < 4.78 is 0. The van der Waals surface area contributed by atoms with Crippen LogP contribution in [0.4, 0.5) is 4.79 Å². The average Bonchev–Trinajstić information content (AvgIpc) is 2.24. The summed E-state index contributed by atoms with van der Waals surface area (Å²) in [6.07, 6.45) is 0. The van der Waals surface area contributed by atoms with Gasteiger partial charge in [-0.3, -0.25) is 0 Å². The van der Waals surface area contributed by atoms with Gasteiger partial charge in [0, 0.05) is 24.1 Å². The van der Waals surface area contributed by atoms with E-state index in [4.69, 9.17) is 0 Å². The predicted molar refractivity (Wildman–Crippen MR) is 72.9 cm³/mol. The third kappa shape index (κ3) is 3.80. The summed E-state index contributed by atoms with van der Waals surface area (Å²) in [7, 11) is 0. The minimum atomic E-state index is -0.991. The van der Waals surface area contributed by atoms with E-state index < -0.39 is 17.4 Å². The second-order valence-electron chi connectivity index (χ2n) is 5.70. The summed E-state index contributed by atoms with van der Waals surface area (Å²) >= 11 is 1.82. The molecule has 0 bridgehead atoms. The van der Waals surface area contributed by atoms with Crippen molar-refractivity contribution in [2.75, 3.05) is 18.1 Å². The number of carboxylic acids is 1. The summed E-state index contributed by atoms with van der Waals surface area (Å²) in [6.45, 7) is 8.08. The third-order valence-corrected chi connectivity index (χ3v) is 4.20. The Morgan fingerprint density at radius 3 is 2.50 bits per heavy atom. The number of carbonyl (C=O) groups is 2. The fourth-order valence-electron chi connectivity index (χ4n) is 1.88. The molecular weight excluding hydrogens is 252 g/mol. The van der Waals surface area contributed by atoms with Crippen molar-refractivity contribution < 1.29 is 14.7 Å². The molecular formula is C12H22N2O3S. The van der Waals surface area contributed by atoms with Crippen LogP contribution in [0.2, 0.25) is 0 Å². The minimum Gasteiger partial charge on any atom is -0.480 e. The number of carbonyl (C=O) groups excluding carboxylic acids is 1. The molecule has 104 valence electrons. The molecule has 1 saturated heterocycles. The predicted octanol–water partition coefficient (Wildman–Crippen LogP) is 1.63. The number of rotatable bonds is 2. The molecule has 1 heterocycles. The first kappa shape index (κ1) is 15.1. The van der Waals surface area contributed by atoms with Gasteiger partial charge in [0.2, 0.25) is 0 Å². The first-order valence-corrected chi connectivity index (χ1v) is 7.26. The van der Waals surface area contributed by atoms with E-state index in [0.717, 1.165) is 11.5 Å². The molecule has 1 rings (SSSR count). The van der Waals surface area contributed by atoms with E-state index in [0.29, 0.717) is 6.54 Å². The Balaban J connectivity index is 2.69. The Labute approximate surface area is 112 Å². The normalized spacial score (nSPS) is 22.4. The molecule has 5 nitrogen and oxygen atoms in total. The number of aliphatic carboxylic acids is 1. The molecule has 0 aliphatic carbocycles. The molecule has 6 heteroatoms. The van der Waals surface area contributed by atoms with Crippen LogP contribution in [0.25, 0.3) is 0 Å². The number of amides is 2. The van der Waals surface area contributed by atoms with Gasteiger partial charge in [0.15, 0.2) is 0 Å². The Morgan fingerprint density at radius 1 is 1.44 bits per heavy atom. The highest BCUT2D eigenvalue weighted by atomic mass is 32.2. The van der Waals surface area contributed by atoms with Crippen LogP contribution in [0.1, 0.15) is 27.7 Å². The molecule has 1 aliphatic heterocycles. The molecule has 0 saturated carbocycles. The molecule has 18 heavy (non-hydrogen) atoms. The van der Waals surface area contributed by atoms with Gasteiger partial charge in [0.25, 0.3) is 0 Å². The van der Waals surface area contributed by atoms with Gasteiger partial charge in [-0.25, -0.2) is 9.59 Å².